The van der Waals surface area contributed by atoms with E-state index in [1.807, 2.05) is 36.4 Å². The SMILES string of the molecule is [Pt+2].[c-]1c(Oc2cnccn2)cccc1-c1[c-]c2c(cc1)c1ccccc1n2-c1cnccn1. The zero-order valence-electron chi connectivity index (χ0n) is 17.1. The molecule has 0 aliphatic carbocycles. The van der Waals surface area contributed by atoms with Gasteiger partial charge < -0.3 is 9.30 Å². The van der Waals surface area contributed by atoms with Crippen LogP contribution in [0.25, 0.3) is 38.8 Å². The fraction of sp³-hybridized carbons (Fsp3) is 0. The molecule has 0 saturated carbocycles. The minimum Gasteiger partial charge on any atom is -0.459 e. The van der Waals surface area contributed by atoms with Gasteiger partial charge in [0.1, 0.15) is 0 Å². The van der Waals surface area contributed by atoms with Crippen molar-refractivity contribution in [3.8, 4) is 28.6 Å². The van der Waals surface area contributed by atoms with Crippen LogP contribution in [-0.2, 0) is 21.1 Å². The van der Waals surface area contributed by atoms with Gasteiger partial charge in [0, 0.05) is 36.1 Å². The van der Waals surface area contributed by atoms with Gasteiger partial charge in [0.05, 0.1) is 12.4 Å². The van der Waals surface area contributed by atoms with Gasteiger partial charge in [-0.2, -0.15) is 24.3 Å². The maximum atomic E-state index is 5.80. The van der Waals surface area contributed by atoms with Crippen molar-refractivity contribution in [3.05, 3.63) is 104 Å². The third-order valence-corrected chi connectivity index (χ3v) is 5.17. The van der Waals surface area contributed by atoms with Crippen LogP contribution in [0, 0.1) is 12.1 Å². The van der Waals surface area contributed by atoms with E-state index in [-0.39, 0.29) is 21.1 Å². The van der Waals surface area contributed by atoms with Crippen molar-refractivity contribution in [1.29, 1.82) is 0 Å². The maximum Gasteiger partial charge on any atom is 2.00 e. The van der Waals surface area contributed by atoms with Gasteiger partial charge in [0.2, 0.25) is 5.88 Å². The Hall–Kier alpha value is -3.89. The molecule has 0 aliphatic heterocycles. The van der Waals surface area contributed by atoms with Gasteiger partial charge in [0.15, 0.2) is 5.82 Å². The minimum atomic E-state index is 0. The van der Waals surface area contributed by atoms with Gasteiger partial charge in [-0.25, -0.2) is 21.1 Å². The number of para-hydroxylation sites is 1. The molecule has 0 bridgehead atoms. The van der Waals surface area contributed by atoms with Crippen molar-refractivity contribution in [1.82, 2.24) is 24.5 Å². The largest absolute Gasteiger partial charge is 2.00 e. The summed E-state index contributed by atoms with van der Waals surface area (Å²) >= 11 is 0. The molecule has 3 aromatic heterocycles. The molecule has 6 aromatic rings. The number of nitrogens with zero attached hydrogens (tertiary/aromatic N) is 5. The van der Waals surface area contributed by atoms with Crippen LogP contribution in [0.3, 0.4) is 0 Å². The van der Waals surface area contributed by atoms with Crippen LogP contribution in [0.2, 0.25) is 0 Å². The Morgan fingerprint density at radius 1 is 0.697 bits per heavy atom. The first-order chi connectivity index (χ1) is 15.9. The molecule has 0 amide bonds. The average molecular weight is 609 g/mol. The number of fused-ring (bicyclic) bond motifs is 3. The second kappa shape index (κ2) is 8.92. The van der Waals surface area contributed by atoms with Crippen LogP contribution in [0.5, 0.6) is 11.6 Å². The van der Waals surface area contributed by atoms with Gasteiger partial charge in [-0.15, -0.1) is 18.2 Å². The molecule has 0 N–H and O–H groups in total. The number of hydrogen-bond acceptors (Lipinski definition) is 5. The van der Waals surface area contributed by atoms with Crippen LogP contribution in [0.15, 0.2) is 91.8 Å². The van der Waals surface area contributed by atoms with Crippen LogP contribution in [0.1, 0.15) is 0 Å². The van der Waals surface area contributed by atoms with Crippen molar-refractivity contribution in [2.75, 3.05) is 0 Å². The van der Waals surface area contributed by atoms with Crippen molar-refractivity contribution < 1.29 is 25.8 Å². The summed E-state index contributed by atoms with van der Waals surface area (Å²) in [6.45, 7) is 0. The monoisotopic (exact) mass is 608 g/mol. The molecule has 6 nitrogen and oxygen atoms in total. The molecule has 0 spiro atoms. The normalized spacial score (nSPS) is 10.8. The Kier molecular flexibility index (Phi) is 5.67. The summed E-state index contributed by atoms with van der Waals surface area (Å²) in [7, 11) is 0. The predicted octanol–water partition coefficient (Wildman–Crippen LogP) is 5.42. The number of aromatic nitrogens is 5. The molecule has 3 aromatic carbocycles. The first kappa shape index (κ1) is 21.0. The summed E-state index contributed by atoms with van der Waals surface area (Å²) in [5.74, 6) is 1.73. The van der Waals surface area contributed by atoms with Crippen LogP contribution in [0.4, 0.5) is 0 Å². The Balaban J connectivity index is 0.00000228. The van der Waals surface area contributed by atoms with E-state index in [4.69, 9.17) is 4.74 Å². The number of hydrogen-bond donors (Lipinski definition) is 0. The van der Waals surface area contributed by atoms with Crippen molar-refractivity contribution in [3.63, 3.8) is 0 Å². The van der Waals surface area contributed by atoms with Gasteiger partial charge in [-0.05, 0) is 17.0 Å². The van der Waals surface area contributed by atoms with E-state index in [1.165, 1.54) is 0 Å². The van der Waals surface area contributed by atoms with E-state index in [9.17, 15) is 0 Å². The third-order valence-electron chi connectivity index (χ3n) is 5.17. The van der Waals surface area contributed by atoms with Gasteiger partial charge in [-0.3, -0.25) is 9.97 Å². The quantitative estimate of drug-likeness (QED) is 0.250. The van der Waals surface area contributed by atoms with Gasteiger partial charge >= 0.3 is 21.1 Å². The van der Waals surface area contributed by atoms with Crippen LogP contribution >= 0.6 is 0 Å². The van der Waals surface area contributed by atoms with E-state index in [0.717, 1.165) is 38.8 Å². The fourth-order valence-corrected chi connectivity index (χ4v) is 3.81. The van der Waals surface area contributed by atoms with Crippen molar-refractivity contribution in [2.45, 2.75) is 0 Å². The third kappa shape index (κ3) is 3.90. The Bertz CT molecular complexity index is 1550. The summed E-state index contributed by atoms with van der Waals surface area (Å²) in [6.07, 6.45) is 9.89. The van der Waals surface area contributed by atoms with Crippen LogP contribution in [-0.4, -0.2) is 24.5 Å². The molecule has 0 unspecified atom stereocenters. The molecular weight excluding hydrogens is 593 g/mol. The van der Waals surface area contributed by atoms with E-state index in [2.05, 4.69) is 54.8 Å². The molecule has 33 heavy (non-hydrogen) atoms. The molecule has 0 radical (unpaired) electrons. The molecule has 0 aliphatic rings. The Morgan fingerprint density at radius 2 is 1.52 bits per heavy atom. The topological polar surface area (TPSA) is 65.7 Å². The smallest absolute Gasteiger partial charge is 0.459 e. The van der Waals surface area contributed by atoms with E-state index in [0.29, 0.717) is 11.6 Å². The first-order valence-corrected chi connectivity index (χ1v) is 10.1. The summed E-state index contributed by atoms with van der Waals surface area (Å²) < 4.78 is 7.89. The molecule has 6 rings (SSSR count). The standard InChI is InChI=1S/C26H15N5O.Pt/c1-2-7-23-21(6-1)22-9-8-19(15-24(22)31(23)25-16-27-10-12-29-25)18-4-3-5-20(14-18)32-26-17-28-11-13-30-26;/h1-13,16-17H;/q-2;+2. The van der Waals surface area contributed by atoms with Crippen LogP contribution < -0.4 is 4.74 Å². The molecular formula is C26H15N5OPt. The predicted molar refractivity (Wildman–Crippen MR) is 122 cm³/mol. The Labute approximate surface area is 204 Å². The Morgan fingerprint density at radius 3 is 2.33 bits per heavy atom. The molecule has 0 saturated heterocycles. The minimum absolute atomic E-state index is 0. The second-order valence-corrected chi connectivity index (χ2v) is 7.12. The zero-order chi connectivity index (χ0) is 21.3. The zero-order valence-corrected chi connectivity index (χ0v) is 19.4. The van der Waals surface area contributed by atoms with E-state index >= 15 is 0 Å². The summed E-state index contributed by atoms with van der Waals surface area (Å²) in [5, 5.41) is 2.24. The van der Waals surface area contributed by atoms with E-state index in [1.54, 1.807) is 37.2 Å². The second-order valence-electron chi connectivity index (χ2n) is 7.12. The molecule has 7 heteroatoms. The van der Waals surface area contributed by atoms with Crippen molar-refractivity contribution in [2.24, 2.45) is 0 Å². The summed E-state index contributed by atoms with van der Waals surface area (Å²) in [6, 6.07) is 25.0. The van der Waals surface area contributed by atoms with Gasteiger partial charge in [-0.1, -0.05) is 23.6 Å². The number of ether oxygens (including phenoxy) is 1. The van der Waals surface area contributed by atoms with Gasteiger partial charge in [0.25, 0.3) is 0 Å². The summed E-state index contributed by atoms with van der Waals surface area (Å²) in [4.78, 5) is 17.0. The average Bonchev–Trinajstić information content (AvgIpc) is 3.19. The molecule has 160 valence electrons. The maximum absolute atomic E-state index is 5.80. The molecule has 0 atom stereocenters. The fourth-order valence-electron chi connectivity index (χ4n) is 3.81. The first-order valence-electron chi connectivity index (χ1n) is 10.1. The summed E-state index contributed by atoms with van der Waals surface area (Å²) in [5.41, 5.74) is 3.75. The number of rotatable bonds is 4. The number of benzene rings is 3. The van der Waals surface area contributed by atoms with E-state index < -0.39 is 0 Å². The molecule has 0 fully saturated rings. The van der Waals surface area contributed by atoms with Crippen molar-refractivity contribution >= 4 is 21.8 Å². The molecule has 3 heterocycles.